The Bertz CT molecular complexity index is 770. The number of nitrogens with zero attached hydrogens (tertiary/aromatic N) is 4. The largest absolute Gasteiger partial charge is 0.481 e. The summed E-state index contributed by atoms with van der Waals surface area (Å²) >= 11 is 0. The second-order valence-electron chi connectivity index (χ2n) is 6.49. The van der Waals surface area contributed by atoms with Gasteiger partial charge in [0.1, 0.15) is 5.69 Å². The van der Waals surface area contributed by atoms with Crippen LogP contribution in [-0.4, -0.2) is 49.7 Å². The fourth-order valence-corrected chi connectivity index (χ4v) is 3.49. The lowest BCUT2D eigenvalue weighted by molar-refractivity contribution is -0.142. The molecule has 1 aliphatic carbocycles. The summed E-state index contributed by atoms with van der Waals surface area (Å²) in [6.07, 6.45) is 5.55. The first-order valence-electron chi connectivity index (χ1n) is 8.12. The number of amides is 1. The zero-order valence-corrected chi connectivity index (χ0v) is 13.1. The smallest absolute Gasteiger partial charge is 0.308 e. The van der Waals surface area contributed by atoms with E-state index in [4.69, 9.17) is 0 Å². The molecule has 124 valence electrons. The van der Waals surface area contributed by atoms with Crippen molar-refractivity contribution in [1.29, 1.82) is 0 Å². The van der Waals surface area contributed by atoms with Gasteiger partial charge in [-0.3, -0.25) is 9.59 Å². The van der Waals surface area contributed by atoms with Crippen LogP contribution < -0.4 is 0 Å². The second kappa shape index (κ2) is 5.74. The molecule has 7 heteroatoms. The van der Waals surface area contributed by atoms with E-state index in [0.717, 1.165) is 12.8 Å². The van der Waals surface area contributed by atoms with Gasteiger partial charge in [-0.2, -0.15) is 5.10 Å². The summed E-state index contributed by atoms with van der Waals surface area (Å²) in [5.74, 6) is -0.388. The molecule has 1 saturated heterocycles. The number of carboxylic acids is 1. The average Bonchev–Trinajstić information content (AvgIpc) is 3.12. The van der Waals surface area contributed by atoms with Crippen LogP contribution in [0.2, 0.25) is 0 Å². The molecule has 3 heterocycles. The molecular formula is C17H18N4O3. The third-order valence-corrected chi connectivity index (χ3v) is 4.89. The fraction of sp³-hybridized carbons (Fsp3) is 0.412. The van der Waals surface area contributed by atoms with Crippen molar-refractivity contribution in [3.8, 4) is 5.82 Å². The highest BCUT2D eigenvalue weighted by molar-refractivity contribution is 5.93. The number of hydrogen-bond acceptors (Lipinski definition) is 4. The number of carboxylic acid groups (broad SMARTS) is 1. The molecule has 2 aliphatic rings. The van der Waals surface area contributed by atoms with Crippen molar-refractivity contribution in [3.05, 3.63) is 42.4 Å². The monoisotopic (exact) mass is 326 g/mol. The highest BCUT2D eigenvalue weighted by Crippen LogP contribution is 2.44. The molecule has 0 unspecified atom stereocenters. The summed E-state index contributed by atoms with van der Waals surface area (Å²) in [6, 6.07) is 6.99. The Labute approximate surface area is 138 Å². The van der Waals surface area contributed by atoms with E-state index in [1.807, 2.05) is 0 Å². The molecular weight excluding hydrogens is 308 g/mol. The van der Waals surface area contributed by atoms with E-state index in [9.17, 15) is 14.7 Å². The molecule has 0 bridgehead atoms. The molecule has 2 aromatic rings. The summed E-state index contributed by atoms with van der Waals surface area (Å²) < 4.78 is 1.59. The first kappa shape index (κ1) is 14.9. The predicted octanol–water partition coefficient (Wildman–Crippen LogP) is 1.45. The molecule has 2 atom stereocenters. The van der Waals surface area contributed by atoms with Gasteiger partial charge < -0.3 is 10.0 Å². The zero-order chi connectivity index (χ0) is 16.7. The van der Waals surface area contributed by atoms with E-state index in [2.05, 4.69) is 10.1 Å². The number of pyridine rings is 1. The Morgan fingerprint density at radius 2 is 2.00 bits per heavy atom. The van der Waals surface area contributed by atoms with Crippen molar-refractivity contribution in [2.75, 3.05) is 13.1 Å². The summed E-state index contributed by atoms with van der Waals surface area (Å²) in [5.41, 5.74) is 0.323. The highest BCUT2D eigenvalue weighted by atomic mass is 16.4. The third-order valence-electron chi connectivity index (χ3n) is 4.89. The molecule has 7 nitrogen and oxygen atoms in total. The van der Waals surface area contributed by atoms with Crippen LogP contribution in [0.4, 0.5) is 0 Å². The number of aromatic nitrogens is 3. The number of carbonyl (C=O) groups is 2. The summed E-state index contributed by atoms with van der Waals surface area (Å²) in [6.45, 7) is 0.775. The number of rotatable bonds is 4. The van der Waals surface area contributed by atoms with Gasteiger partial charge in [-0.1, -0.05) is 6.07 Å². The number of carbonyl (C=O) groups excluding carboxylic acids is 1. The van der Waals surface area contributed by atoms with Crippen molar-refractivity contribution >= 4 is 11.9 Å². The van der Waals surface area contributed by atoms with Crippen LogP contribution in [0, 0.1) is 17.8 Å². The maximum Gasteiger partial charge on any atom is 0.308 e. The van der Waals surface area contributed by atoms with E-state index >= 15 is 0 Å². The summed E-state index contributed by atoms with van der Waals surface area (Å²) in [5, 5.41) is 13.5. The normalized spacial score (nSPS) is 23.4. The minimum atomic E-state index is -0.805. The Morgan fingerprint density at radius 3 is 2.67 bits per heavy atom. The maximum absolute atomic E-state index is 12.8. The molecule has 1 aliphatic heterocycles. The van der Waals surface area contributed by atoms with E-state index in [1.165, 1.54) is 0 Å². The van der Waals surface area contributed by atoms with Gasteiger partial charge in [0.05, 0.1) is 5.92 Å². The average molecular weight is 326 g/mol. The van der Waals surface area contributed by atoms with Gasteiger partial charge in [-0.25, -0.2) is 9.67 Å². The van der Waals surface area contributed by atoms with Gasteiger partial charge in [-0.05, 0) is 42.9 Å². The quantitative estimate of drug-likeness (QED) is 0.919. The summed E-state index contributed by atoms with van der Waals surface area (Å²) in [7, 11) is 0. The molecule has 0 aromatic carbocycles. The Kier molecular flexibility index (Phi) is 3.55. The van der Waals surface area contributed by atoms with Crippen molar-refractivity contribution in [2.45, 2.75) is 12.8 Å². The molecule has 0 spiro atoms. The van der Waals surface area contributed by atoms with Crippen LogP contribution in [0.1, 0.15) is 23.3 Å². The molecule has 1 N–H and O–H groups in total. The fourth-order valence-electron chi connectivity index (χ4n) is 3.49. The van der Waals surface area contributed by atoms with Gasteiger partial charge >= 0.3 is 5.97 Å². The Morgan fingerprint density at radius 1 is 1.17 bits per heavy atom. The van der Waals surface area contributed by atoms with Crippen molar-refractivity contribution in [1.82, 2.24) is 19.7 Å². The number of aliphatic carboxylic acids is 1. The first-order chi connectivity index (χ1) is 11.6. The molecule has 0 radical (unpaired) electrons. The summed E-state index contributed by atoms with van der Waals surface area (Å²) in [4.78, 5) is 30.3. The van der Waals surface area contributed by atoms with Gasteiger partial charge in [0.15, 0.2) is 5.82 Å². The highest BCUT2D eigenvalue weighted by Gasteiger charge is 2.47. The third kappa shape index (κ3) is 2.66. The van der Waals surface area contributed by atoms with Crippen LogP contribution in [0.15, 0.2) is 36.7 Å². The SMILES string of the molecule is O=C(O)[C@H]1CN(C(=O)c2cccc(-n3cccn3)n2)C[C@@H]1C1CC1. The van der Waals surface area contributed by atoms with E-state index < -0.39 is 11.9 Å². The van der Waals surface area contributed by atoms with Crippen LogP contribution in [-0.2, 0) is 4.79 Å². The molecule has 1 amide bonds. The molecule has 4 rings (SSSR count). The lowest BCUT2D eigenvalue weighted by Crippen LogP contribution is -2.30. The standard InChI is InChI=1S/C17H18N4O3/c22-16(14-3-1-4-15(19-14)21-8-2-7-18-21)20-9-12(11-5-6-11)13(10-20)17(23)24/h1-4,7-8,11-13H,5-6,9-10H2,(H,23,24)/t12-,13+/m1/s1. The first-order valence-corrected chi connectivity index (χ1v) is 8.12. The van der Waals surface area contributed by atoms with Crippen LogP contribution in [0.3, 0.4) is 0 Å². The minimum absolute atomic E-state index is 0.0701. The topological polar surface area (TPSA) is 88.3 Å². The predicted molar refractivity (Wildman–Crippen MR) is 84.6 cm³/mol. The van der Waals surface area contributed by atoms with Crippen LogP contribution in [0.25, 0.3) is 5.82 Å². The lowest BCUT2D eigenvalue weighted by atomic mass is 9.92. The number of likely N-dealkylation sites (tertiary alicyclic amines) is 1. The van der Waals surface area contributed by atoms with Crippen molar-refractivity contribution in [3.63, 3.8) is 0 Å². The van der Waals surface area contributed by atoms with E-state index in [1.54, 1.807) is 46.2 Å². The van der Waals surface area contributed by atoms with Gasteiger partial charge in [0, 0.05) is 25.5 Å². The van der Waals surface area contributed by atoms with E-state index in [-0.39, 0.29) is 18.4 Å². The Hall–Kier alpha value is -2.70. The van der Waals surface area contributed by atoms with Gasteiger partial charge in [0.25, 0.3) is 5.91 Å². The van der Waals surface area contributed by atoms with Gasteiger partial charge in [0.2, 0.25) is 0 Å². The van der Waals surface area contributed by atoms with Crippen LogP contribution in [0.5, 0.6) is 0 Å². The zero-order valence-electron chi connectivity index (χ0n) is 13.1. The van der Waals surface area contributed by atoms with Gasteiger partial charge in [-0.15, -0.1) is 0 Å². The minimum Gasteiger partial charge on any atom is -0.481 e. The van der Waals surface area contributed by atoms with Crippen molar-refractivity contribution < 1.29 is 14.7 Å². The molecule has 2 fully saturated rings. The van der Waals surface area contributed by atoms with Crippen molar-refractivity contribution in [2.24, 2.45) is 17.8 Å². The molecule has 1 saturated carbocycles. The van der Waals surface area contributed by atoms with Crippen LogP contribution >= 0.6 is 0 Å². The van der Waals surface area contributed by atoms with E-state index in [0.29, 0.717) is 24.0 Å². The molecule has 2 aromatic heterocycles. The lowest BCUT2D eigenvalue weighted by Gasteiger charge is -2.16. The number of hydrogen-bond donors (Lipinski definition) is 1. The Balaban J connectivity index is 1.56. The molecule has 24 heavy (non-hydrogen) atoms. The second-order valence-corrected chi connectivity index (χ2v) is 6.49. The maximum atomic E-state index is 12.8.